The van der Waals surface area contributed by atoms with Gasteiger partial charge in [0.05, 0.1) is 5.02 Å². The molecule has 2 atom stereocenters. The van der Waals surface area contributed by atoms with E-state index in [9.17, 15) is 0 Å². The van der Waals surface area contributed by atoms with Crippen molar-refractivity contribution in [1.29, 1.82) is 0 Å². The molecule has 110 valence electrons. The molecule has 0 amide bonds. The standard InChI is InChI=1S/C15H21ClN2O2/c1-10-2-3-11(6-17)7-18(10)8-12-4-13(16)15-14(5-12)19-9-20-15/h4-5,10-11H,2-3,6-9,17H2,1H3. The van der Waals surface area contributed by atoms with Crippen LogP contribution in [-0.4, -0.2) is 30.8 Å². The average molecular weight is 297 g/mol. The zero-order chi connectivity index (χ0) is 14.1. The Morgan fingerprint density at radius 2 is 2.20 bits per heavy atom. The van der Waals surface area contributed by atoms with Crippen molar-refractivity contribution in [2.45, 2.75) is 32.4 Å². The van der Waals surface area contributed by atoms with E-state index in [2.05, 4.69) is 11.8 Å². The molecular formula is C15H21ClN2O2. The molecular weight excluding hydrogens is 276 g/mol. The molecule has 2 heterocycles. The SMILES string of the molecule is CC1CCC(CN)CN1Cc1cc(Cl)c2c(c1)OCO2. The van der Waals surface area contributed by atoms with E-state index in [1.54, 1.807) is 0 Å². The fourth-order valence-electron chi connectivity index (χ4n) is 3.02. The number of nitrogens with two attached hydrogens (primary N) is 1. The van der Waals surface area contributed by atoms with Crippen molar-refractivity contribution in [2.75, 3.05) is 19.9 Å². The third-order valence-electron chi connectivity index (χ3n) is 4.31. The minimum Gasteiger partial charge on any atom is -0.454 e. The first-order valence-electron chi connectivity index (χ1n) is 7.19. The van der Waals surface area contributed by atoms with Gasteiger partial charge in [0, 0.05) is 19.1 Å². The van der Waals surface area contributed by atoms with Crippen LogP contribution in [0.2, 0.25) is 5.02 Å². The highest BCUT2D eigenvalue weighted by Gasteiger charge is 2.26. The molecule has 0 saturated carbocycles. The number of nitrogens with zero attached hydrogens (tertiary/aromatic N) is 1. The molecule has 0 radical (unpaired) electrons. The Hall–Kier alpha value is -0.970. The van der Waals surface area contributed by atoms with Gasteiger partial charge in [-0.2, -0.15) is 0 Å². The van der Waals surface area contributed by atoms with Gasteiger partial charge in [0.25, 0.3) is 0 Å². The molecule has 5 heteroatoms. The number of rotatable bonds is 3. The predicted molar refractivity (Wildman–Crippen MR) is 79.2 cm³/mol. The second-order valence-electron chi connectivity index (χ2n) is 5.77. The summed E-state index contributed by atoms with van der Waals surface area (Å²) in [7, 11) is 0. The third kappa shape index (κ3) is 2.73. The zero-order valence-corrected chi connectivity index (χ0v) is 12.5. The second-order valence-corrected chi connectivity index (χ2v) is 6.18. The van der Waals surface area contributed by atoms with Crippen molar-refractivity contribution in [2.24, 2.45) is 11.7 Å². The molecule has 2 aliphatic heterocycles. The lowest BCUT2D eigenvalue weighted by molar-refractivity contribution is 0.113. The van der Waals surface area contributed by atoms with Gasteiger partial charge in [-0.15, -0.1) is 0 Å². The Morgan fingerprint density at radius 3 is 3.00 bits per heavy atom. The highest BCUT2D eigenvalue weighted by molar-refractivity contribution is 6.32. The van der Waals surface area contributed by atoms with Crippen LogP contribution < -0.4 is 15.2 Å². The molecule has 4 nitrogen and oxygen atoms in total. The minimum absolute atomic E-state index is 0.258. The lowest BCUT2D eigenvalue weighted by Gasteiger charge is -2.37. The van der Waals surface area contributed by atoms with Gasteiger partial charge >= 0.3 is 0 Å². The van der Waals surface area contributed by atoms with Crippen LogP contribution in [0.4, 0.5) is 0 Å². The summed E-state index contributed by atoms with van der Waals surface area (Å²) < 4.78 is 10.8. The largest absolute Gasteiger partial charge is 0.454 e. The molecule has 2 aliphatic rings. The van der Waals surface area contributed by atoms with E-state index in [1.165, 1.54) is 18.4 Å². The summed E-state index contributed by atoms with van der Waals surface area (Å²) in [6.45, 7) is 5.25. The molecule has 1 aromatic carbocycles. The van der Waals surface area contributed by atoms with E-state index in [-0.39, 0.29) is 6.79 Å². The van der Waals surface area contributed by atoms with Crippen LogP contribution in [0.1, 0.15) is 25.3 Å². The van der Waals surface area contributed by atoms with Crippen LogP contribution in [0.5, 0.6) is 11.5 Å². The zero-order valence-electron chi connectivity index (χ0n) is 11.8. The van der Waals surface area contributed by atoms with Gasteiger partial charge < -0.3 is 15.2 Å². The number of likely N-dealkylation sites (tertiary alicyclic amines) is 1. The fraction of sp³-hybridized carbons (Fsp3) is 0.600. The first-order chi connectivity index (χ1) is 9.67. The van der Waals surface area contributed by atoms with E-state index in [0.29, 0.717) is 22.7 Å². The van der Waals surface area contributed by atoms with Crippen LogP contribution >= 0.6 is 11.6 Å². The first kappa shape index (κ1) is 14.0. The molecule has 2 N–H and O–H groups in total. The highest BCUT2D eigenvalue weighted by atomic mass is 35.5. The number of halogens is 1. The van der Waals surface area contributed by atoms with Crippen LogP contribution in [-0.2, 0) is 6.54 Å². The van der Waals surface area contributed by atoms with E-state index < -0.39 is 0 Å². The number of benzene rings is 1. The van der Waals surface area contributed by atoms with Gasteiger partial charge in [-0.3, -0.25) is 4.90 Å². The maximum Gasteiger partial charge on any atom is 0.231 e. The molecule has 1 saturated heterocycles. The lowest BCUT2D eigenvalue weighted by Crippen LogP contribution is -2.43. The highest BCUT2D eigenvalue weighted by Crippen LogP contribution is 2.40. The third-order valence-corrected chi connectivity index (χ3v) is 4.60. The summed E-state index contributed by atoms with van der Waals surface area (Å²) in [5.41, 5.74) is 6.99. The Kier molecular flexibility index (Phi) is 4.06. The van der Waals surface area contributed by atoms with Crippen LogP contribution in [0.15, 0.2) is 12.1 Å². The van der Waals surface area contributed by atoms with Gasteiger partial charge in [-0.05, 0) is 49.9 Å². The Morgan fingerprint density at radius 1 is 1.35 bits per heavy atom. The van der Waals surface area contributed by atoms with Crippen molar-refractivity contribution < 1.29 is 9.47 Å². The monoisotopic (exact) mass is 296 g/mol. The molecule has 0 aliphatic carbocycles. The molecule has 20 heavy (non-hydrogen) atoms. The number of ether oxygens (including phenoxy) is 2. The summed E-state index contributed by atoms with van der Waals surface area (Å²) >= 11 is 6.24. The smallest absolute Gasteiger partial charge is 0.231 e. The molecule has 0 spiro atoms. The topological polar surface area (TPSA) is 47.7 Å². The molecule has 1 aromatic rings. The van der Waals surface area contributed by atoms with E-state index in [0.717, 1.165) is 25.4 Å². The molecule has 2 unspecified atom stereocenters. The number of fused-ring (bicyclic) bond motifs is 1. The Labute approximate surface area is 124 Å². The van der Waals surface area contributed by atoms with E-state index in [4.69, 9.17) is 26.8 Å². The van der Waals surface area contributed by atoms with Crippen LogP contribution in [0.25, 0.3) is 0 Å². The van der Waals surface area contributed by atoms with Gasteiger partial charge in [-0.25, -0.2) is 0 Å². The molecule has 0 bridgehead atoms. The second kappa shape index (κ2) is 5.80. The van der Waals surface area contributed by atoms with Gasteiger partial charge in [0.1, 0.15) is 0 Å². The Balaban J connectivity index is 1.75. The average Bonchev–Trinajstić information content (AvgIpc) is 2.90. The summed E-state index contributed by atoms with van der Waals surface area (Å²) in [6.07, 6.45) is 2.44. The summed E-state index contributed by atoms with van der Waals surface area (Å²) in [4.78, 5) is 2.48. The molecule has 3 rings (SSSR count). The molecule has 1 fully saturated rings. The predicted octanol–water partition coefficient (Wildman–Crippen LogP) is 2.63. The Bertz CT molecular complexity index is 495. The lowest BCUT2D eigenvalue weighted by atomic mass is 9.93. The summed E-state index contributed by atoms with van der Waals surface area (Å²) in [5, 5.41) is 0.634. The van der Waals surface area contributed by atoms with E-state index >= 15 is 0 Å². The minimum atomic E-state index is 0.258. The fourth-order valence-corrected chi connectivity index (χ4v) is 3.31. The van der Waals surface area contributed by atoms with Gasteiger partial charge in [0.15, 0.2) is 11.5 Å². The first-order valence-corrected chi connectivity index (χ1v) is 7.57. The van der Waals surface area contributed by atoms with E-state index in [1.807, 2.05) is 12.1 Å². The van der Waals surface area contributed by atoms with Crippen molar-refractivity contribution in [3.8, 4) is 11.5 Å². The number of hydrogen-bond donors (Lipinski definition) is 1. The normalized spacial score (nSPS) is 25.9. The maximum absolute atomic E-state index is 6.24. The maximum atomic E-state index is 6.24. The van der Waals surface area contributed by atoms with Crippen molar-refractivity contribution in [1.82, 2.24) is 4.90 Å². The van der Waals surface area contributed by atoms with Gasteiger partial charge in [-0.1, -0.05) is 11.6 Å². The molecule has 0 aromatic heterocycles. The van der Waals surface area contributed by atoms with Crippen LogP contribution in [0, 0.1) is 5.92 Å². The number of hydrogen-bond acceptors (Lipinski definition) is 4. The quantitative estimate of drug-likeness (QED) is 0.931. The van der Waals surface area contributed by atoms with Crippen molar-refractivity contribution in [3.63, 3.8) is 0 Å². The number of piperidine rings is 1. The van der Waals surface area contributed by atoms with Crippen molar-refractivity contribution in [3.05, 3.63) is 22.7 Å². The van der Waals surface area contributed by atoms with Crippen molar-refractivity contribution >= 4 is 11.6 Å². The summed E-state index contributed by atoms with van der Waals surface area (Å²) in [5.74, 6) is 2.03. The van der Waals surface area contributed by atoms with Crippen LogP contribution in [0.3, 0.4) is 0 Å². The summed E-state index contributed by atoms with van der Waals surface area (Å²) in [6, 6.07) is 4.60. The van der Waals surface area contributed by atoms with Gasteiger partial charge in [0.2, 0.25) is 6.79 Å².